The van der Waals surface area contributed by atoms with Crippen molar-refractivity contribution in [2.45, 2.75) is 50.7 Å². The molecular weight excluding hydrogens is 238 g/mol. The van der Waals surface area contributed by atoms with Crippen molar-refractivity contribution in [3.8, 4) is 0 Å². The van der Waals surface area contributed by atoms with Gasteiger partial charge in [0.15, 0.2) is 0 Å². The molecule has 0 radical (unpaired) electrons. The fourth-order valence-electron chi connectivity index (χ4n) is 4.11. The number of hydrogen-bond donors (Lipinski definition) is 0. The summed E-state index contributed by atoms with van der Waals surface area (Å²) in [5, 5.41) is 0. The van der Waals surface area contributed by atoms with E-state index in [2.05, 4.69) is 11.5 Å². The van der Waals surface area contributed by atoms with Crippen molar-refractivity contribution < 1.29 is 9.47 Å². The van der Waals surface area contributed by atoms with Crippen LogP contribution in [-0.2, 0) is 9.47 Å². The standard InChI is InChI=1S/C16H27NO2/c1-2-10-18-15-13-6-7-14(11-13)16(15)19-12-17-8-4-3-5-9-17/h2,13-16H,1,3-12H2. The molecule has 0 aromatic rings. The van der Waals surface area contributed by atoms with Gasteiger partial charge in [0.25, 0.3) is 0 Å². The number of nitrogens with zero attached hydrogens (tertiary/aromatic N) is 1. The van der Waals surface area contributed by atoms with E-state index >= 15 is 0 Å². The van der Waals surface area contributed by atoms with Gasteiger partial charge >= 0.3 is 0 Å². The molecule has 108 valence electrons. The second kappa shape index (κ2) is 6.38. The molecule has 0 spiro atoms. The van der Waals surface area contributed by atoms with Crippen LogP contribution in [0.25, 0.3) is 0 Å². The number of piperidine rings is 1. The second-order valence-corrected chi connectivity index (χ2v) is 6.36. The molecule has 19 heavy (non-hydrogen) atoms. The van der Waals surface area contributed by atoms with E-state index in [9.17, 15) is 0 Å². The van der Waals surface area contributed by atoms with Crippen LogP contribution in [-0.4, -0.2) is 43.5 Å². The smallest absolute Gasteiger partial charge is 0.0995 e. The van der Waals surface area contributed by atoms with Crippen LogP contribution in [0.1, 0.15) is 38.5 Å². The van der Waals surface area contributed by atoms with Gasteiger partial charge in [0.05, 0.1) is 25.5 Å². The van der Waals surface area contributed by atoms with Crippen molar-refractivity contribution in [1.29, 1.82) is 0 Å². The molecule has 4 unspecified atom stereocenters. The van der Waals surface area contributed by atoms with E-state index in [1.54, 1.807) is 0 Å². The quantitative estimate of drug-likeness (QED) is 0.689. The highest BCUT2D eigenvalue weighted by molar-refractivity contribution is 4.99. The zero-order valence-corrected chi connectivity index (χ0v) is 11.9. The van der Waals surface area contributed by atoms with E-state index in [-0.39, 0.29) is 0 Å². The zero-order valence-electron chi connectivity index (χ0n) is 11.9. The topological polar surface area (TPSA) is 21.7 Å². The molecule has 0 aromatic heterocycles. The monoisotopic (exact) mass is 265 g/mol. The first-order valence-electron chi connectivity index (χ1n) is 7.95. The predicted octanol–water partition coefficient (Wildman–Crippen LogP) is 2.82. The molecule has 2 saturated carbocycles. The maximum absolute atomic E-state index is 6.25. The third kappa shape index (κ3) is 3.04. The molecule has 3 aliphatic rings. The van der Waals surface area contributed by atoms with Gasteiger partial charge in [-0.1, -0.05) is 12.5 Å². The lowest BCUT2D eigenvalue weighted by atomic mass is 9.94. The van der Waals surface area contributed by atoms with Gasteiger partial charge in [-0.15, -0.1) is 6.58 Å². The Kier molecular flexibility index (Phi) is 4.57. The number of likely N-dealkylation sites (tertiary alicyclic amines) is 1. The van der Waals surface area contributed by atoms with Gasteiger partial charge in [0, 0.05) is 13.1 Å². The van der Waals surface area contributed by atoms with E-state index in [1.807, 2.05) is 6.08 Å². The zero-order chi connectivity index (χ0) is 13.1. The first-order chi connectivity index (χ1) is 9.38. The van der Waals surface area contributed by atoms with Crippen LogP contribution in [0.3, 0.4) is 0 Å². The molecule has 0 aromatic carbocycles. The fraction of sp³-hybridized carbons (Fsp3) is 0.875. The van der Waals surface area contributed by atoms with Crippen LogP contribution in [0, 0.1) is 11.8 Å². The average molecular weight is 265 g/mol. The van der Waals surface area contributed by atoms with Crippen LogP contribution in [0.4, 0.5) is 0 Å². The normalized spacial score (nSPS) is 38.7. The summed E-state index contributed by atoms with van der Waals surface area (Å²) in [5.41, 5.74) is 0. The molecule has 3 nitrogen and oxygen atoms in total. The van der Waals surface area contributed by atoms with E-state index in [0.717, 1.165) is 18.6 Å². The Balaban J connectivity index is 1.51. The highest BCUT2D eigenvalue weighted by Gasteiger charge is 2.49. The lowest BCUT2D eigenvalue weighted by Crippen LogP contribution is -2.41. The predicted molar refractivity (Wildman–Crippen MR) is 75.9 cm³/mol. The summed E-state index contributed by atoms with van der Waals surface area (Å²) in [6.07, 6.45) is 10.5. The molecule has 1 saturated heterocycles. The Morgan fingerprint density at radius 3 is 2.37 bits per heavy atom. The molecule has 3 rings (SSSR count). The summed E-state index contributed by atoms with van der Waals surface area (Å²) in [5.74, 6) is 1.47. The Bertz CT molecular complexity index is 301. The lowest BCUT2D eigenvalue weighted by Gasteiger charge is -2.34. The van der Waals surface area contributed by atoms with Gasteiger partial charge in [0.1, 0.15) is 0 Å². The van der Waals surface area contributed by atoms with Crippen LogP contribution in [0.15, 0.2) is 12.7 Å². The first-order valence-corrected chi connectivity index (χ1v) is 7.95. The number of fused-ring (bicyclic) bond motifs is 2. The summed E-state index contributed by atoms with van der Waals surface area (Å²) >= 11 is 0. The first kappa shape index (κ1) is 13.6. The summed E-state index contributed by atoms with van der Waals surface area (Å²) in [4.78, 5) is 2.46. The minimum atomic E-state index is 0.321. The summed E-state index contributed by atoms with van der Waals surface area (Å²) < 4.78 is 12.2. The van der Waals surface area contributed by atoms with E-state index in [0.29, 0.717) is 18.8 Å². The molecule has 1 aliphatic heterocycles. The van der Waals surface area contributed by atoms with Crippen molar-refractivity contribution in [3.05, 3.63) is 12.7 Å². The maximum atomic E-state index is 6.25. The highest BCUT2D eigenvalue weighted by atomic mass is 16.5. The molecule has 3 heteroatoms. The van der Waals surface area contributed by atoms with Crippen molar-refractivity contribution in [2.75, 3.05) is 26.4 Å². The van der Waals surface area contributed by atoms with Crippen LogP contribution in [0.2, 0.25) is 0 Å². The Morgan fingerprint density at radius 2 is 1.68 bits per heavy atom. The molecule has 2 aliphatic carbocycles. The van der Waals surface area contributed by atoms with Crippen LogP contribution >= 0.6 is 0 Å². The summed E-state index contributed by atoms with van der Waals surface area (Å²) in [6.45, 7) is 7.64. The van der Waals surface area contributed by atoms with E-state index in [1.165, 1.54) is 51.6 Å². The van der Waals surface area contributed by atoms with Crippen molar-refractivity contribution >= 4 is 0 Å². The molecule has 4 atom stereocenters. The van der Waals surface area contributed by atoms with Crippen molar-refractivity contribution in [2.24, 2.45) is 11.8 Å². The van der Waals surface area contributed by atoms with Gasteiger partial charge in [-0.05, 0) is 43.9 Å². The van der Waals surface area contributed by atoms with Crippen LogP contribution < -0.4 is 0 Å². The highest BCUT2D eigenvalue weighted by Crippen LogP contribution is 2.47. The number of rotatable bonds is 6. The van der Waals surface area contributed by atoms with Crippen molar-refractivity contribution in [3.63, 3.8) is 0 Å². The fourth-order valence-corrected chi connectivity index (χ4v) is 4.11. The molecule has 0 amide bonds. The molecular formula is C16H27NO2. The van der Waals surface area contributed by atoms with E-state index in [4.69, 9.17) is 9.47 Å². The van der Waals surface area contributed by atoms with Gasteiger partial charge < -0.3 is 9.47 Å². The third-order valence-electron chi connectivity index (χ3n) is 5.07. The maximum Gasteiger partial charge on any atom is 0.0995 e. The Hall–Kier alpha value is -0.380. The summed E-state index contributed by atoms with van der Waals surface area (Å²) in [7, 11) is 0. The molecule has 2 bridgehead atoms. The average Bonchev–Trinajstić information content (AvgIpc) is 3.05. The third-order valence-corrected chi connectivity index (χ3v) is 5.07. The second-order valence-electron chi connectivity index (χ2n) is 6.36. The lowest BCUT2D eigenvalue weighted by molar-refractivity contribution is -0.119. The minimum Gasteiger partial charge on any atom is -0.371 e. The van der Waals surface area contributed by atoms with Crippen LogP contribution in [0.5, 0.6) is 0 Å². The van der Waals surface area contributed by atoms with Gasteiger partial charge in [-0.25, -0.2) is 0 Å². The van der Waals surface area contributed by atoms with E-state index < -0.39 is 0 Å². The Morgan fingerprint density at radius 1 is 1.00 bits per heavy atom. The van der Waals surface area contributed by atoms with Gasteiger partial charge in [0.2, 0.25) is 0 Å². The minimum absolute atomic E-state index is 0.321. The Labute approximate surface area is 116 Å². The van der Waals surface area contributed by atoms with Gasteiger partial charge in [-0.3, -0.25) is 4.90 Å². The van der Waals surface area contributed by atoms with Crippen molar-refractivity contribution in [1.82, 2.24) is 4.90 Å². The number of hydrogen-bond acceptors (Lipinski definition) is 3. The largest absolute Gasteiger partial charge is 0.371 e. The SMILES string of the molecule is C=CCOC1C2CCC(C2)C1OCN1CCCCC1. The van der Waals surface area contributed by atoms with Gasteiger partial charge in [-0.2, -0.15) is 0 Å². The number of ether oxygens (including phenoxy) is 2. The molecule has 1 heterocycles. The summed E-state index contributed by atoms with van der Waals surface area (Å²) in [6, 6.07) is 0. The molecule has 3 fully saturated rings. The molecule has 0 N–H and O–H groups in total.